The standard InChI is InChI=1S/C13H12O2S/c14-12(15)8-13(5-6-13)11-7-9-3-1-2-4-10(9)16-11/h1-4,7H,5-6,8H2,(H,14,15). The molecule has 3 rings (SSSR count). The molecule has 1 aliphatic rings. The maximum Gasteiger partial charge on any atom is 0.304 e. The van der Waals surface area contributed by atoms with E-state index < -0.39 is 5.97 Å². The molecular formula is C13H12O2S. The van der Waals surface area contributed by atoms with Crippen molar-refractivity contribution >= 4 is 27.4 Å². The summed E-state index contributed by atoms with van der Waals surface area (Å²) in [7, 11) is 0. The fourth-order valence-corrected chi connectivity index (χ4v) is 3.50. The molecule has 1 aliphatic carbocycles. The molecule has 3 heteroatoms. The highest BCUT2D eigenvalue weighted by atomic mass is 32.1. The molecule has 0 saturated heterocycles. The molecule has 0 amide bonds. The summed E-state index contributed by atoms with van der Waals surface area (Å²) in [6, 6.07) is 10.4. The van der Waals surface area contributed by atoms with Crippen LogP contribution in [-0.4, -0.2) is 11.1 Å². The summed E-state index contributed by atoms with van der Waals surface area (Å²) in [6.45, 7) is 0. The maximum atomic E-state index is 10.8. The van der Waals surface area contributed by atoms with Gasteiger partial charge in [-0.25, -0.2) is 0 Å². The highest BCUT2D eigenvalue weighted by Crippen LogP contribution is 2.54. The molecule has 82 valence electrons. The Morgan fingerprint density at radius 1 is 1.38 bits per heavy atom. The van der Waals surface area contributed by atoms with Gasteiger partial charge in [-0.05, 0) is 30.4 Å². The zero-order valence-electron chi connectivity index (χ0n) is 8.77. The van der Waals surface area contributed by atoms with Crippen molar-refractivity contribution in [3.8, 4) is 0 Å². The Kier molecular flexibility index (Phi) is 2.04. The molecule has 0 atom stereocenters. The second-order valence-electron chi connectivity index (χ2n) is 4.50. The van der Waals surface area contributed by atoms with E-state index in [0.717, 1.165) is 12.8 Å². The average molecular weight is 232 g/mol. The van der Waals surface area contributed by atoms with E-state index in [2.05, 4.69) is 18.2 Å². The van der Waals surface area contributed by atoms with Gasteiger partial charge in [-0.3, -0.25) is 4.79 Å². The third-order valence-corrected chi connectivity index (χ3v) is 4.65. The summed E-state index contributed by atoms with van der Waals surface area (Å²) in [5.41, 5.74) is -0.0461. The number of hydrogen-bond acceptors (Lipinski definition) is 2. The molecule has 0 unspecified atom stereocenters. The van der Waals surface area contributed by atoms with Crippen molar-refractivity contribution in [1.82, 2.24) is 0 Å². The van der Waals surface area contributed by atoms with Crippen LogP contribution in [0.1, 0.15) is 24.1 Å². The van der Waals surface area contributed by atoms with Gasteiger partial charge in [-0.1, -0.05) is 18.2 Å². The van der Waals surface area contributed by atoms with Crippen LogP contribution in [0.2, 0.25) is 0 Å². The molecule has 1 fully saturated rings. The monoisotopic (exact) mass is 232 g/mol. The number of carbonyl (C=O) groups is 1. The van der Waals surface area contributed by atoms with E-state index in [1.54, 1.807) is 11.3 Å². The van der Waals surface area contributed by atoms with Gasteiger partial charge in [0.25, 0.3) is 0 Å². The van der Waals surface area contributed by atoms with Gasteiger partial charge in [0, 0.05) is 15.0 Å². The average Bonchev–Trinajstić information content (AvgIpc) is 2.89. The van der Waals surface area contributed by atoms with Crippen LogP contribution in [0.4, 0.5) is 0 Å². The lowest BCUT2D eigenvalue weighted by molar-refractivity contribution is -0.137. The summed E-state index contributed by atoms with van der Waals surface area (Å²) < 4.78 is 1.26. The van der Waals surface area contributed by atoms with Crippen LogP contribution < -0.4 is 0 Å². The van der Waals surface area contributed by atoms with Crippen LogP contribution in [0.15, 0.2) is 30.3 Å². The minimum atomic E-state index is -0.685. The van der Waals surface area contributed by atoms with Gasteiger partial charge in [0.05, 0.1) is 6.42 Å². The highest BCUT2D eigenvalue weighted by Gasteiger charge is 2.47. The van der Waals surface area contributed by atoms with Gasteiger partial charge in [0.15, 0.2) is 0 Å². The Morgan fingerprint density at radius 2 is 2.12 bits per heavy atom. The predicted molar refractivity (Wildman–Crippen MR) is 65.0 cm³/mol. The first kappa shape index (κ1) is 9.85. The molecule has 1 heterocycles. The maximum absolute atomic E-state index is 10.8. The fraction of sp³-hybridized carbons (Fsp3) is 0.308. The molecule has 16 heavy (non-hydrogen) atoms. The van der Waals surface area contributed by atoms with E-state index in [9.17, 15) is 4.79 Å². The van der Waals surface area contributed by atoms with Crippen molar-refractivity contribution in [2.75, 3.05) is 0 Å². The fourth-order valence-electron chi connectivity index (χ4n) is 2.19. The van der Waals surface area contributed by atoms with Crippen molar-refractivity contribution in [1.29, 1.82) is 0 Å². The van der Waals surface area contributed by atoms with E-state index in [4.69, 9.17) is 5.11 Å². The Labute approximate surface area is 97.5 Å². The molecule has 1 saturated carbocycles. The highest BCUT2D eigenvalue weighted by molar-refractivity contribution is 7.19. The summed E-state index contributed by atoms with van der Waals surface area (Å²) in [4.78, 5) is 12.1. The smallest absolute Gasteiger partial charge is 0.304 e. The van der Waals surface area contributed by atoms with E-state index in [-0.39, 0.29) is 11.8 Å². The molecule has 1 N–H and O–H groups in total. The Bertz CT molecular complexity index is 519. The largest absolute Gasteiger partial charge is 0.481 e. The summed E-state index contributed by atoms with van der Waals surface area (Å²) in [5, 5.41) is 10.2. The van der Waals surface area contributed by atoms with E-state index in [0.29, 0.717) is 0 Å². The number of rotatable bonds is 3. The van der Waals surface area contributed by atoms with Crippen molar-refractivity contribution in [2.45, 2.75) is 24.7 Å². The van der Waals surface area contributed by atoms with E-state index in [1.807, 2.05) is 12.1 Å². The lowest BCUT2D eigenvalue weighted by Gasteiger charge is -2.08. The molecule has 2 nitrogen and oxygen atoms in total. The van der Waals surface area contributed by atoms with Crippen molar-refractivity contribution in [2.24, 2.45) is 0 Å². The van der Waals surface area contributed by atoms with E-state index >= 15 is 0 Å². The van der Waals surface area contributed by atoms with Crippen LogP contribution in [0.25, 0.3) is 10.1 Å². The zero-order chi connectivity index (χ0) is 11.2. The Morgan fingerprint density at radius 3 is 2.75 bits per heavy atom. The lowest BCUT2D eigenvalue weighted by Crippen LogP contribution is -2.10. The molecule has 0 aliphatic heterocycles. The number of benzene rings is 1. The molecular weight excluding hydrogens is 220 g/mol. The van der Waals surface area contributed by atoms with Gasteiger partial charge in [0.1, 0.15) is 0 Å². The van der Waals surface area contributed by atoms with Crippen molar-refractivity contribution < 1.29 is 9.90 Å². The van der Waals surface area contributed by atoms with Crippen molar-refractivity contribution in [3.05, 3.63) is 35.2 Å². The van der Waals surface area contributed by atoms with Crippen LogP contribution in [0, 0.1) is 0 Å². The van der Waals surface area contributed by atoms with Crippen LogP contribution in [0.5, 0.6) is 0 Å². The van der Waals surface area contributed by atoms with Gasteiger partial charge in [-0.2, -0.15) is 0 Å². The second-order valence-corrected chi connectivity index (χ2v) is 5.58. The molecule has 0 bridgehead atoms. The third kappa shape index (κ3) is 1.52. The quantitative estimate of drug-likeness (QED) is 0.880. The number of carboxylic acid groups (broad SMARTS) is 1. The van der Waals surface area contributed by atoms with Gasteiger partial charge < -0.3 is 5.11 Å². The third-order valence-electron chi connectivity index (χ3n) is 3.29. The first-order chi connectivity index (χ1) is 7.70. The minimum Gasteiger partial charge on any atom is -0.481 e. The summed E-state index contributed by atoms with van der Waals surface area (Å²) in [6.07, 6.45) is 2.32. The molecule has 0 radical (unpaired) electrons. The van der Waals surface area contributed by atoms with Crippen molar-refractivity contribution in [3.63, 3.8) is 0 Å². The minimum absolute atomic E-state index is 0.0461. The number of carboxylic acids is 1. The molecule has 0 spiro atoms. The number of aliphatic carboxylic acids is 1. The van der Waals surface area contributed by atoms with Gasteiger partial charge in [0.2, 0.25) is 0 Å². The number of fused-ring (bicyclic) bond motifs is 1. The summed E-state index contributed by atoms with van der Waals surface area (Å²) in [5.74, 6) is -0.685. The molecule has 2 aromatic rings. The molecule has 1 aromatic carbocycles. The predicted octanol–water partition coefficient (Wildman–Crippen LogP) is 3.41. The number of thiophene rings is 1. The first-order valence-electron chi connectivity index (χ1n) is 5.40. The lowest BCUT2D eigenvalue weighted by atomic mass is 10.0. The van der Waals surface area contributed by atoms with E-state index in [1.165, 1.54) is 15.0 Å². The zero-order valence-corrected chi connectivity index (χ0v) is 9.59. The van der Waals surface area contributed by atoms with Crippen LogP contribution in [-0.2, 0) is 10.2 Å². The number of hydrogen-bond donors (Lipinski definition) is 1. The van der Waals surface area contributed by atoms with Gasteiger partial charge >= 0.3 is 5.97 Å². The normalized spacial score (nSPS) is 17.5. The molecule has 1 aromatic heterocycles. The topological polar surface area (TPSA) is 37.3 Å². The Balaban J connectivity index is 2.03. The first-order valence-corrected chi connectivity index (χ1v) is 6.22. The second kappa shape index (κ2) is 3.32. The van der Waals surface area contributed by atoms with Crippen LogP contribution >= 0.6 is 11.3 Å². The summed E-state index contributed by atoms with van der Waals surface area (Å²) >= 11 is 1.75. The van der Waals surface area contributed by atoms with Crippen LogP contribution in [0.3, 0.4) is 0 Å². The van der Waals surface area contributed by atoms with Gasteiger partial charge in [-0.15, -0.1) is 11.3 Å². The Hall–Kier alpha value is -1.35. The SMILES string of the molecule is O=C(O)CC1(c2cc3ccccc3s2)CC1.